The minimum absolute atomic E-state index is 0.00755. The Bertz CT molecular complexity index is 385. The van der Waals surface area contributed by atoms with E-state index in [1.165, 1.54) is 6.07 Å². The van der Waals surface area contributed by atoms with Crippen molar-refractivity contribution >= 4 is 6.16 Å². The van der Waals surface area contributed by atoms with E-state index in [0.29, 0.717) is 6.42 Å². The average Bonchev–Trinajstić information content (AvgIpc) is 2.24. The summed E-state index contributed by atoms with van der Waals surface area (Å²) in [6, 6.07) is 3.28. The third-order valence-corrected chi connectivity index (χ3v) is 2.42. The molecule has 4 heteroatoms. The summed E-state index contributed by atoms with van der Waals surface area (Å²) in [4.78, 5) is 10.4. The molecule has 0 saturated heterocycles. The Morgan fingerprint density at radius 3 is 2.56 bits per heavy atom. The summed E-state index contributed by atoms with van der Waals surface area (Å²) in [7, 11) is 0. The molecule has 1 rings (SSSR count). The van der Waals surface area contributed by atoms with E-state index in [0.717, 1.165) is 24.0 Å². The van der Waals surface area contributed by atoms with Crippen LogP contribution in [0.25, 0.3) is 0 Å². The number of ether oxygens (including phenoxy) is 1. The Balaban J connectivity index is 3.14. The molecule has 2 N–H and O–H groups in total. The topological polar surface area (TPSA) is 66.8 Å². The number of phenolic OH excluding ortho intramolecular Hbond substituents is 1. The lowest BCUT2D eigenvalue weighted by atomic mass is 9.99. The molecule has 1 aromatic rings. The minimum atomic E-state index is -1.41. The van der Waals surface area contributed by atoms with Gasteiger partial charge in [-0.2, -0.15) is 0 Å². The normalized spacial score (nSPS) is 10.1. The molecule has 0 unspecified atom stereocenters. The van der Waals surface area contributed by atoms with Crippen molar-refractivity contribution in [2.24, 2.45) is 0 Å². The molecule has 0 aliphatic rings. The van der Waals surface area contributed by atoms with Crippen molar-refractivity contribution in [3.63, 3.8) is 0 Å². The summed E-state index contributed by atoms with van der Waals surface area (Å²) >= 11 is 0. The maximum Gasteiger partial charge on any atom is 0.511 e. The van der Waals surface area contributed by atoms with Crippen LogP contribution in [0.15, 0.2) is 12.1 Å². The zero-order chi connectivity index (χ0) is 12.1. The SMILES string of the molecule is CCCc1c(CC)ccc(OC(=O)O)c1O. The second-order valence-corrected chi connectivity index (χ2v) is 3.52. The lowest BCUT2D eigenvalue weighted by Crippen LogP contribution is -2.05. The third kappa shape index (κ3) is 2.66. The van der Waals surface area contributed by atoms with Crippen LogP contribution in [0.5, 0.6) is 11.5 Å². The molecule has 0 amide bonds. The first-order chi connectivity index (χ1) is 7.60. The van der Waals surface area contributed by atoms with Gasteiger partial charge < -0.3 is 14.9 Å². The summed E-state index contributed by atoms with van der Waals surface area (Å²) in [6.45, 7) is 4.00. The van der Waals surface area contributed by atoms with E-state index in [1.54, 1.807) is 6.07 Å². The van der Waals surface area contributed by atoms with Crippen molar-refractivity contribution in [1.82, 2.24) is 0 Å². The van der Waals surface area contributed by atoms with Crippen LogP contribution in [0, 0.1) is 0 Å². The maximum atomic E-state index is 10.4. The molecule has 16 heavy (non-hydrogen) atoms. The molecule has 4 nitrogen and oxygen atoms in total. The molecule has 0 atom stereocenters. The predicted molar refractivity (Wildman–Crippen MR) is 60.1 cm³/mol. The van der Waals surface area contributed by atoms with Gasteiger partial charge in [-0.1, -0.05) is 26.3 Å². The molecular formula is C12H16O4. The predicted octanol–water partition coefficient (Wildman–Crippen LogP) is 2.96. The number of carbonyl (C=O) groups is 1. The highest BCUT2D eigenvalue weighted by atomic mass is 16.7. The van der Waals surface area contributed by atoms with Gasteiger partial charge in [-0.15, -0.1) is 0 Å². The minimum Gasteiger partial charge on any atom is -0.504 e. The highest BCUT2D eigenvalue weighted by Gasteiger charge is 2.14. The molecule has 88 valence electrons. The van der Waals surface area contributed by atoms with Crippen LogP contribution in [-0.4, -0.2) is 16.4 Å². The molecule has 0 spiro atoms. The van der Waals surface area contributed by atoms with Gasteiger partial charge in [0.05, 0.1) is 0 Å². The number of hydrogen-bond donors (Lipinski definition) is 2. The maximum absolute atomic E-state index is 10.4. The molecule has 0 aliphatic carbocycles. The Hall–Kier alpha value is -1.71. The van der Waals surface area contributed by atoms with Gasteiger partial charge in [0.15, 0.2) is 11.5 Å². The summed E-state index contributed by atoms with van der Waals surface area (Å²) in [5.74, 6) is -0.0447. The van der Waals surface area contributed by atoms with E-state index in [2.05, 4.69) is 4.74 Å². The van der Waals surface area contributed by atoms with Crippen LogP contribution in [0.3, 0.4) is 0 Å². The second kappa shape index (κ2) is 5.39. The first-order valence-corrected chi connectivity index (χ1v) is 5.34. The molecule has 0 heterocycles. The Labute approximate surface area is 94.5 Å². The second-order valence-electron chi connectivity index (χ2n) is 3.52. The van der Waals surface area contributed by atoms with Crippen molar-refractivity contribution in [3.05, 3.63) is 23.3 Å². The van der Waals surface area contributed by atoms with E-state index in [1.807, 2.05) is 13.8 Å². The van der Waals surface area contributed by atoms with E-state index in [9.17, 15) is 9.90 Å². The van der Waals surface area contributed by atoms with E-state index in [4.69, 9.17) is 5.11 Å². The molecule has 0 aromatic heterocycles. The highest BCUT2D eigenvalue weighted by molar-refractivity contribution is 5.64. The van der Waals surface area contributed by atoms with Crippen LogP contribution in [0.4, 0.5) is 4.79 Å². The number of benzene rings is 1. The zero-order valence-corrected chi connectivity index (χ0v) is 9.49. The molecule has 0 radical (unpaired) electrons. The summed E-state index contributed by atoms with van der Waals surface area (Å²) in [6.07, 6.45) is 0.987. The summed E-state index contributed by atoms with van der Waals surface area (Å²) in [5.41, 5.74) is 1.81. The first kappa shape index (κ1) is 12.4. The lowest BCUT2D eigenvalue weighted by molar-refractivity contribution is 0.143. The van der Waals surface area contributed by atoms with Crippen LogP contribution in [-0.2, 0) is 12.8 Å². The number of hydrogen-bond acceptors (Lipinski definition) is 3. The number of phenols is 1. The van der Waals surface area contributed by atoms with Gasteiger partial charge in [0, 0.05) is 5.56 Å². The van der Waals surface area contributed by atoms with Gasteiger partial charge in [0.25, 0.3) is 0 Å². The quantitative estimate of drug-likeness (QED) is 0.609. The molecule has 1 aromatic carbocycles. The van der Waals surface area contributed by atoms with Gasteiger partial charge in [-0.3, -0.25) is 0 Å². The molecular weight excluding hydrogens is 208 g/mol. The van der Waals surface area contributed by atoms with Crippen LogP contribution >= 0.6 is 0 Å². The fourth-order valence-electron chi connectivity index (χ4n) is 1.69. The molecule has 0 fully saturated rings. The van der Waals surface area contributed by atoms with Crippen molar-refractivity contribution in [3.8, 4) is 11.5 Å². The van der Waals surface area contributed by atoms with Gasteiger partial charge >= 0.3 is 6.16 Å². The van der Waals surface area contributed by atoms with Gasteiger partial charge in [0.1, 0.15) is 0 Å². The smallest absolute Gasteiger partial charge is 0.504 e. The summed E-state index contributed by atoms with van der Waals surface area (Å²) < 4.78 is 4.50. The zero-order valence-electron chi connectivity index (χ0n) is 9.49. The standard InChI is InChI=1S/C12H16O4/c1-3-5-9-8(4-2)6-7-10(11(9)13)16-12(14)15/h6-7,13H,3-5H2,1-2H3,(H,14,15). The van der Waals surface area contributed by atoms with Crippen molar-refractivity contribution in [2.45, 2.75) is 33.1 Å². The van der Waals surface area contributed by atoms with Gasteiger partial charge in [-0.05, 0) is 24.5 Å². The van der Waals surface area contributed by atoms with E-state index in [-0.39, 0.29) is 11.5 Å². The van der Waals surface area contributed by atoms with Crippen molar-refractivity contribution < 1.29 is 19.7 Å². The van der Waals surface area contributed by atoms with Gasteiger partial charge in [0.2, 0.25) is 0 Å². The van der Waals surface area contributed by atoms with E-state index >= 15 is 0 Å². The fraction of sp³-hybridized carbons (Fsp3) is 0.417. The fourth-order valence-corrected chi connectivity index (χ4v) is 1.69. The Kier molecular flexibility index (Phi) is 4.17. The van der Waals surface area contributed by atoms with Crippen molar-refractivity contribution in [2.75, 3.05) is 0 Å². The number of aryl methyl sites for hydroxylation is 1. The van der Waals surface area contributed by atoms with Crippen LogP contribution in [0.2, 0.25) is 0 Å². The molecule has 0 saturated carbocycles. The van der Waals surface area contributed by atoms with Crippen molar-refractivity contribution in [1.29, 1.82) is 0 Å². The monoisotopic (exact) mass is 224 g/mol. The van der Waals surface area contributed by atoms with Crippen LogP contribution in [0.1, 0.15) is 31.4 Å². The first-order valence-electron chi connectivity index (χ1n) is 5.34. The van der Waals surface area contributed by atoms with E-state index < -0.39 is 6.16 Å². The largest absolute Gasteiger partial charge is 0.511 e. The Morgan fingerprint density at radius 1 is 1.38 bits per heavy atom. The number of aromatic hydroxyl groups is 1. The van der Waals surface area contributed by atoms with Gasteiger partial charge in [-0.25, -0.2) is 4.79 Å². The lowest BCUT2D eigenvalue weighted by Gasteiger charge is -2.12. The average molecular weight is 224 g/mol. The van der Waals surface area contributed by atoms with Crippen LogP contribution < -0.4 is 4.74 Å². The molecule has 0 bridgehead atoms. The third-order valence-electron chi connectivity index (χ3n) is 2.42. The molecule has 0 aliphatic heterocycles. The number of rotatable bonds is 4. The number of carboxylic acid groups (broad SMARTS) is 1. The highest BCUT2D eigenvalue weighted by Crippen LogP contribution is 2.33. The summed E-state index contributed by atoms with van der Waals surface area (Å²) in [5, 5.41) is 18.4. The Morgan fingerprint density at radius 2 is 2.06 bits per heavy atom.